The second-order valence-corrected chi connectivity index (χ2v) is 6.25. The van der Waals surface area contributed by atoms with Crippen LogP contribution in [0.15, 0.2) is 29.3 Å². The van der Waals surface area contributed by atoms with Crippen LogP contribution in [-0.4, -0.2) is 58.2 Å². The van der Waals surface area contributed by atoms with Gasteiger partial charge in [0.25, 0.3) is 0 Å². The van der Waals surface area contributed by atoms with Crippen LogP contribution in [0, 0.1) is 5.92 Å². The molecule has 0 bridgehead atoms. The van der Waals surface area contributed by atoms with Gasteiger partial charge in [-0.15, -0.1) is 24.0 Å². The number of esters is 1. The third-order valence-corrected chi connectivity index (χ3v) is 4.44. The molecule has 0 saturated carbocycles. The molecule has 1 aliphatic heterocycles. The molecule has 6 nitrogen and oxygen atoms in total. The fourth-order valence-electron chi connectivity index (χ4n) is 2.92. The lowest BCUT2D eigenvalue weighted by Gasteiger charge is -2.33. The quantitative estimate of drug-likeness (QED) is 0.324. The average molecular weight is 460 g/mol. The lowest BCUT2D eigenvalue weighted by atomic mass is 9.97. The van der Waals surface area contributed by atoms with Crippen molar-refractivity contribution in [3.05, 3.63) is 29.8 Å². The number of ether oxygens (including phenoxy) is 1. The minimum absolute atomic E-state index is 0. The standard InChI is InChI=1S/C18H28N4O2.HI/c1-19-18(22-11-9-15(10-12-22)17(23)24-4)20-13-14-5-7-16(8-6-14)21(2)3;/h5-8,15H,9-13H2,1-4H3,(H,19,20);1H. The number of nitrogens with one attached hydrogen (secondary N) is 1. The van der Waals surface area contributed by atoms with E-state index in [0.717, 1.165) is 38.4 Å². The monoisotopic (exact) mass is 460 g/mol. The van der Waals surface area contributed by atoms with Gasteiger partial charge in [0.1, 0.15) is 0 Å². The second-order valence-electron chi connectivity index (χ2n) is 6.25. The Labute approximate surface area is 167 Å². The zero-order chi connectivity index (χ0) is 17.5. The van der Waals surface area contributed by atoms with Gasteiger partial charge >= 0.3 is 5.97 Å². The first-order chi connectivity index (χ1) is 11.5. The Balaban J connectivity index is 0.00000312. The number of hydrogen-bond acceptors (Lipinski definition) is 4. The number of piperidine rings is 1. The normalized spacial score (nSPS) is 15.4. The van der Waals surface area contributed by atoms with Gasteiger partial charge in [-0.2, -0.15) is 0 Å². The van der Waals surface area contributed by atoms with Crippen LogP contribution in [0.4, 0.5) is 5.69 Å². The van der Waals surface area contributed by atoms with Crippen molar-refractivity contribution in [3.8, 4) is 0 Å². The number of guanidine groups is 1. The molecule has 1 fully saturated rings. The van der Waals surface area contributed by atoms with E-state index in [1.165, 1.54) is 18.4 Å². The third-order valence-electron chi connectivity index (χ3n) is 4.44. The van der Waals surface area contributed by atoms with Gasteiger partial charge in [-0.1, -0.05) is 12.1 Å². The minimum atomic E-state index is -0.0985. The first kappa shape index (κ1) is 21.5. The van der Waals surface area contributed by atoms with E-state index in [1.807, 2.05) is 14.1 Å². The fourth-order valence-corrected chi connectivity index (χ4v) is 2.92. The van der Waals surface area contributed by atoms with Crippen molar-refractivity contribution < 1.29 is 9.53 Å². The van der Waals surface area contributed by atoms with E-state index >= 15 is 0 Å². The van der Waals surface area contributed by atoms with Crippen LogP contribution in [0.2, 0.25) is 0 Å². The average Bonchev–Trinajstić information content (AvgIpc) is 2.62. The fraction of sp³-hybridized carbons (Fsp3) is 0.556. The summed E-state index contributed by atoms with van der Waals surface area (Å²) in [4.78, 5) is 20.3. The molecular formula is C18H29IN4O2. The maximum Gasteiger partial charge on any atom is 0.308 e. The van der Waals surface area contributed by atoms with Crippen LogP contribution >= 0.6 is 24.0 Å². The summed E-state index contributed by atoms with van der Waals surface area (Å²) < 4.78 is 4.84. The smallest absolute Gasteiger partial charge is 0.308 e. The van der Waals surface area contributed by atoms with E-state index in [4.69, 9.17) is 4.74 Å². The van der Waals surface area contributed by atoms with Crippen LogP contribution in [0.1, 0.15) is 18.4 Å². The number of aliphatic imine (C=N–C) groups is 1. The zero-order valence-corrected chi connectivity index (χ0v) is 17.8. The van der Waals surface area contributed by atoms with Gasteiger partial charge < -0.3 is 19.9 Å². The highest BCUT2D eigenvalue weighted by atomic mass is 127. The molecule has 1 aliphatic rings. The zero-order valence-electron chi connectivity index (χ0n) is 15.5. The largest absolute Gasteiger partial charge is 0.469 e. The van der Waals surface area contributed by atoms with Gasteiger partial charge in [-0.25, -0.2) is 0 Å². The molecule has 1 aromatic rings. The Kier molecular flexibility index (Phi) is 9.02. The summed E-state index contributed by atoms with van der Waals surface area (Å²) in [6.07, 6.45) is 1.62. The summed E-state index contributed by atoms with van der Waals surface area (Å²) in [7, 11) is 7.32. The van der Waals surface area contributed by atoms with Crippen molar-refractivity contribution in [3.63, 3.8) is 0 Å². The molecule has 2 rings (SSSR count). The molecule has 0 aliphatic carbocycles. The van der Waals surface area contributed by atoms with E-state index in [1.54, 1.807) is 7.05 Å². The Hall–Kier alpha value is -1.51. The highest BCUT2D eigenvalue weighted by molar-refractivity contribution is 14.0. The van der Waals surface area contributed by atoms with E-state index in [-0.39, 0.29) is 35.9 Å². The predicted octanol–water partition coefficient (Wildman–Crippen LogP) is 2.33. The van der Waals surface area contributed by atoms with Crippen LogP contribution in [0.25, 0.3) is 0 Å². The number of methoxy groups -OCH3 is 1. The van der Waals surface area contributed by atoms with Gasteiger partial charge in [-0.3, -0.25) is 9.79 Å². The summed E-state index contributed by atoms with van der Waals surface area (Å²) in [6.45, 7) is 2.37. The number of likely N-dealkylation sites (tertiary alicyclic amines) is 1. The van der Waals surface area contributed by atoms with E-state index < -0.39 is 0 Å². The third kappa shape index (κ3) is 6.05. The molecule has 0 amide bonds. The lowest BCUT2D eigenvalue weighted by molar-refractivity contribution is -0.146. The lowest BCUT2D eigenvalue weighted by Crippen LogP contribution is -2.46. The molecular weight excluding hydrogens is 431 g/mol. The summed E-state index contributed by atoms with van der Waals surface area (Å²) in [6, 6.07) is 8.47. The molecule has 0 aromatic heterocycles. The van der Waals surface area contributed by atoms with Gasteiger partial charge in [0.2, 0.25) is 0 Å². The predicted molar refractivity (Wildman–Crippen MR) is 113 cm³/mol. The Morgan fingerprint density at radius 3 is 2.36 bits per heavy atom. The number of hydrogen-bond donors (Lipinski definition) is 1. The number of anilines is 1. The maximum absolute atomic E-state index is 11.6. The SMILES string of the molecule is CN=C(NCc1ccc(N(C)C)cc1)N1CCC(C(=O)OC)CC1.I. The maximum atomic E-state index is 11.6. The van der Waals surface area contributed by atoms with Crippen LogP contribution in [-0.2, 0) is 16.1 Å². The van der Waals surface area contributed by atoms with Crippen molar-refractivity contribution in [2.45, 2.75) is 19.4 Å². The van der Waals surface area contributed by atoms with Crippen molar-refractivity contribution in [2.24, 2.45) is 10.9 Å². The number of carbonyl (C=O) groups is 1. The van der Waals surface area contributed by atoms with Crippen molar-refractivity contribution in [1.29, 1.82) is 0 Å². The van der Waals surface area contributed by atoms with E-state index in [9.17, 15) is 4.79 Å². The Morgan fingerprint density at radius 2 is 1.88 bits per heavy atom. The number of carbonyl (C=O) groups excluding carboxylic acids is 1. The van der Waals surface area contributed by atoms with Gasteiger partial charge in [0.15, 0.2) is 5.96 Å². The molecule has 25 heavy (non-hydrogen) atoms. The topological polar surface area (TPSA) is 57.2 Å². The number of benzene rings is 1. The van der Waals surface area contributed by atoms with Crippen LogP contribution in [0.3, 0.4) is 0 Å². The van der Waals surface area contributed by atoms with Gasteiger partial charge in [-0.05, 0) is 30.5 Å². The summed E-state index contributed by atoms with van der Waals surface area (Å²) >= 11 is 0. The van der Waals surface area contributed by atoms with Gasteiger partial charge in [0, 0.05) is 46.5 Å². The van der Waals surface area contributed by atoms with Crippen molar-refractivity contribution in [1.82, 2.24) is 10.2 Å². The van der Waals surface area contributed by atoms with E-state index in [2.05, 4.69) is 44.4 Å². The Morgan fingerprint density at radius 1 is 1.28 bits per heavy atom. The van der Waals surface area contributed by atoms with Crippen molar-refractivity contribution >= 4 is 41.6 Å². The van der Waals surface area contributed by atoms with Gasteiger partial charge in [0.05, 0.1) is 13.0 Å². The molecule has 1 N–H and O–H groups in total. The molecule has 0 radical (unpaired) electrons. The highest BCUT2D eigenvalue weighted by Crippen LogP contribution is 2.18. The molecule has 0 atom stereocenters. The Bertz CT molecular complexity index is 567. The molecule has 1 saturated heterocycles. The van der Waals surface area contributed by atoms with Crippen LogP contribution < -0.4 is 10.2 Å². The van der Waals surface area contributed by atoms with E-state index in [0.29, 0.717) is 0 Å². The molecule has 1 aromatic carbocycles. The summed E-state index contributed by atoms with van der Waals surface area (Å²) in [5.41, 5.74) is 2.40. The minimum Gasteiger partial charge on any atom is -0.469 e. The molecule has 0 spiro atoms. The first-order valence-electron chi connectivity index (χ1n) is 8.35. The second kappa shape index (κ2) is 10.5. The summed E-state index contributed by atoms with van der Waals surface area (Å²) in [5, 5.41) is 3.41. The van der Waals surface area contributed by atoms with Crippen molar-refractivity contribution in [2.75, 3.05) is 46.2 Å². The number of rotatable bonds is 4. The summed E-state index contributed by atoms with van der Waals surface area (Å²) in [5.74, 6) is 0.802. The molecule has 7 heteroatoms. The first-order valence-corrected chi connectivity index (χ1v) is 8.35. The molecule has 1 heterocycles. The number of halogens is 1. The van der Waals surface area contributed by atoms with Crippen LogP contribution in [0.5, 0.6) is 0 Å². The highest BCUT2D eigenvalue weighted by Gasteiger charge is 2.26. The number of nitrogens with zero attached hydrogens (tertiary/aromatic N) is 3. The molecule has 140 valence electrons. The molecule has 0 unspecified atom stereocenters.